The SMILES string of the molecule is CCC(C)C(N)C(=O)N1CCCC1C(=O)NC(C(=O)NC(C)C(=O)O)C(C)C. The Morgan fingerprint density at radius 3 is 2.25 bits per heavy atom. The number of hydrogen-bond donors (Lipinski definition) is 4. The second-order valence-electron chi connectivity index (χ2n) is 7.90. The van der Waals surface area contributed by atoms with E-state index < -0.39 is 42.0 Å². The third-order valence-corrected chi connectivity index (χ3v) is 5.36. The van der Waals surface area contributed by atoms with Crippen LogP contribution in [0.25, 0.3) is 0 Å². The maximum Gasteiger partial charge on any atom is 0.325 e. The van der Waals surface area contributed by atoms with Gasteiger partial charge in [0.15, 0.2) is 0 Å². The zero-order chi connectivity index (χ0) is 21.6. The molecule has 5 N–H and O–H groups in total. The number of carbonyl (C=O) groups excluding carboxylic acids is 3. The van der Waals surface area contributed by atoms with Crippen molar-refractivity contribution in [3.8, 4) is 0 Å². The number of amides is 3. The van der Waals surface area contributed by atoms with Gasteiger partial charge in [-0.25, -0.2) is 0 Å². The zero-order valence-electron chi connectivity index (χ0n) is 17.4. The molecule has 1 rings (SSSR count). The lowest BCUT2D eigenvalue weighted by Gasteiger charge is -2.30. The van der Waals surface area contributed by atoms with E-state index in [4.69, 9.17) is 10.8 Å². The molecule has 0 bridgehead atoms. The molecule has 0 radical (unpaired) electrons. The number of nitrogens with two attached hydrogens (primary N) is 1. The Hall–Kier alpha value is -2.16. The molecule has 0 spiro atoms. The van der Waals surface area contributed by atoms with Crippen LogP contribution in [0.5, 0.6) is 0 Å². The van der Waals surface area contributed by atoms with Crippen molar-refractivity contribution < 1.29 is 24.3 Å². The molecule has 5 atom stereocenters. The minimum absolute atomic E-state index is 0.00325. The summed E-state index contributed by atoms with van der Waals surface area (Å²) in [5, 5.41) is 14.0. The molecular weight excluding hydrogens is 364 g/mol. The highest BCUT2D eigenvalue weighted by Crippen LogP contribution is 2.21. The Morgan fingerprint density at radius 1 is 1.14 bits per heavy atom. The molecule has 0 aromatic carbocycles. The summed E-state index contributed by atoms with van der Waals surface area (Å²) < 4.78 is 0. The molecule has 9 heteroatoms. The molecule has 1 heterocycles. The fourth-order valence-corrected chi connectivity index (χ4v) is 3.14. The quantitative estimate of drug-likeness (QED) is 0.433. The van der Waals surface area contributed by atoms with Crippen LogP contribution < -0.4 is 16.4 Å². The standard InChI is InChI=1S/C19H34N4O5/c1-6-11(4)14(20)18(26)23-9-7-8-13(23)16(24)22-15(10(2)3)17(25)21-12(5)19(27)28/h10-15H,6-9,20H2,1-5H3,(H,21,25)(H,22,24)(H,27,28). The van der Waals surface area contributed by atoms with Crippen molar-refractivity contribution in [2.45, 2.75) is 78.0 Å². The molecule has 0 aromatic heterocycles. The molecule has 0 aliphatic carbocycles. The van der Waals surface area contributed by atoms with Crippen molar-refractivity contribution in [1.82, 2.24) is 15.5 Å². The summed E-state index contributed by atoms with van der Waals surface area (Å²) >= 11 is 0. The predicted octanol–water partition coefficient (Wildman–Crippen LogP) is 0.0809. The fourth-order valence-electron chi connectivity index (χ4n) is 3.14. The van der Waals surface area contributed by atoms with Gasteiger partial charge in [0.1, 0.15) is 18.1 Å². The first-order valence-electron chi connectivity index (χ1n) is 9.90. The van der Waals surface area contributed by atoms with Crippen molar-refractivity contribution >= 4 is 23.7 Å². The van der Waals surface area contributed by atoms with Crippen LogP contribution in [0.2, 0.25) is 0 Å². The second-order valence-corrected chi connectivity index (χ2v) is 7.90. The van der Waals surface area contributed by atoms with Crippen LogP contribution in [0.1, 0.15) is 53.9 Å². The van der Waals surface area contributed by atoms with Gasteiger partial charge in [0.05, 0.1) is 6.04 Å². The number of carboxylic acids is 1. The number of carbonyl (C=O) groups is 4. The van der Waals surface area contributed by atoms with Crippen LogP contribution in [0.15, 0.2) is 0 Å². The van der Waals surface area contributed by atoms with E-state index in [1.165, 1.54) is 11.8 Å². The van der Waals surface area contributed by atoms with Gasteiger partial charge in [-0.05, 0) is 31.6 Å². The van der Waals surface area contributed by atoms with Crippen LogP contribution in [0.4, 0.5) is 0 Å². The first-order valence-corrected chi connectivity index (χ1v) is 9.90. The Kier molecular flexibility index (Phi) is 8.87. The topological polar surface area (TPSA) is 142 Å². The maximum absolute atomic E-state index is 12.8. The van der Waals surface area contributed by atoms with Crippen LogP contribution >= 0.6 is 0 Å². The minimum Gasteiger partial charge on any atom is -0.480 e. The van der Waals surface area contributed by atoms with Gasteiger partial charge < -0.3 is 26.4 Å². The van der Waals surface area contributed by atoms with Crippen molar-refractivity contribution in [1.29, 1.82) is 0 Å². The van der Waals surface area contributed by atoms with E-state index in [-0.39, 0.29) is 17.7 Å². The van der Waals surface area contributed by atoms with Gasteiger partial charge in [-0.2, -0.15) is 0 Å². The highest BCUT2D eigenvalue weighted by atomic mass is 16.4. The Bertz CT molecular complexity index is 595. The minimum atomic E-state index is -1.16. The molecule has 1 fully saturated rings. The lowest BCUT2D eigenvalue weighted by atomic mass is 9.98. The monoisotopic (exact) mass is 398 g/mol. The third kappa shape index (κ3) is 5.92. The van der Waals surface area contributed by atoms with Crippen LogP contribution in [-0.2, 0) is 19.2 Å². The van der Waals surface area contributed by atoms with Gasteiger partial charge in [-0.15, -0.1) is 0 Å². The summed E-state index contributed by atoms with van der Waals surface area (Å²) in [6.07, 6.45) is 1.95. The van der Waals surface area contributed by atoms with E-state index in [9.17, 15) is 19.2 Å². The molecule has 0 aromatic rings. The van der Waals surface area contributed by atoms with E-state index in [1.54, 1.807) is 13.8 Å². The summed E-state index contributed by atoms with van der Waals surface area (Å²) in [5.41, 5.74) is 6.05. The molecule has 160 valence electrons. The molecule has 1 saturated heterocycles. The van der Waals surface area contributed by atoms with Crippen molar-refractivity contribution in [3.05, 3.63) is 0 Å². The summed E-state index contributed by atoms with van der Waals surface area (Å²) in [6, 6.07) is -3.30. The second kappa shape index (κ2) is 10.4. The van der Waals surface area contributed by atoms with Gasteiger partial charge in [-0.1, -0.05) is 34.1 Å². The predicted molar refractivity (Wildman–Crippen MR) is 104 cm³/mol. The lowest BCUT2D eigenvalue weighted by Crippen LogP contribution is -2.58. The largest absolute Gasteiger partial charge is 0.480 e. The third-order valence-electron chi connectivity index (χ3n) is 5.36. The van der Waals surface area contributed by atoms with Crippen LogP contribution in [0, 0.1) is 11.8 Å². The lowest BCUT2D eigenvalue weighted by molar-refractivity contribution is -0.143. The number of carboxylic acid groups (broad SMARTS) is 1. The summed E-state index contributed by atoms with van der Waals surface area (Å²) in [5.74, 6) is -2.64. The number of hydrogen-bond acceptors (Lipinski definition) is 5. The smallest absolute Gasteiger partial charge is 0.325 e. The Morgan fingerprint density at radius 2 is 1.75 bits per heavy atom. The average molecular weight is 399 g/mol. The molecule has 1 aliphatic heterocycles. The van der Waals surface area contributed by atoms with Gasteiger partial charge in [0.2, 0.25) is 17.7 Å². The normalized spacial score (nSPS) is 21.0. The van der Waals surface area contributed by atoms with Gasteiger partial charge >= 0.3 is 5.97 Å². The summed E-state index contributed by atoms with van der Waals surface area (Å²) in [6.45, 7) is 9.17. The summed E-state index contributed by atoms with van der Waals surface area (Å²) in [4.78, 5) is 50.4. The highest BCUT2D eigenvalue weighted by Gasteiger charge is 2.39. The van der Waals surface area contributed by atoms with Gasteiger partial charge in [0, 0.05) is 6.54 Å². The highest BCUT2D eigenvalue weighted by molar-refractivity contribution is 5.94. The molecule has 28 heavy (non-hydrogen) atoms. The van der Waals surface area contributed by atoms with E-state index in [0.29, 0.717) is 19.4 Å². The van der Waals surface area contributed by atoms with Crippen molar-refractivity contribution in [2.75, 3.05) is 6.54 Å². The van der Waals surface area contributed by atoms with Gasteiger partial charge in [0.25, 0.3) is 0 Å². The van der Waals surface area contributed by atoms with E-state index in [0.717, 1.165) is 6.42 Å². The first-order chi connectivity index (χ1) is 13.0. The van der Waals surface area contributed by atoms with E-state index >= 15 is 0 Å². The van der Waals surface area contributed by atoms with Crippen molar-refractivity contribution in [2.24, 2.45) is 17.6 Å². The zero-order valence-corrected chi connectivity index (χ0v) is 17.4. The molecule has 3 amide bonds. The van der Waals surface area contributed by atoms with Gasteiger partial charge in [-0.3, -0.25) is 19.2 Å². The summed E-state index contributed by atoms with van der Waals surface area (Å²) in [7, 11) is 0. The number of nitrogens with one attached hydrogen (secondary N) is 2. The number of likely N-dealkylation sites (tertiary alicyclic amines) is 1. The fraction of sp³-hybridized carbons (Fsp3) is 0.789. The number of nitrogens with zero attached hydrogens (tertiary/aromatic N) is 1. The van der Waals surface area contributed by atoms with Crippen LogP contribution in [-0.4, -0.2) is 64.4 Å². The molecular formula is C19H34N4O5. The van der Waals surface area contributed by atoms with E-state index in [1.807, 2.05) is 13.8 Å². The Labute approximate surface area is 166 Å². The number of rotatable bonds is 9. The first kappa shape index (κ1) is 23.9. The Balaban J connectivity index is 2.85. The average Bonchev–Trinajstić information content (AvgIpc) is 3.13. The number of aliphatic carboxylic acids is 1. The molecule has 5 unspecified atom stereocenters. The molecule has 1 aliphatic rings. The van der Waals surface area contributed by atoms with Crippen LogP contribution in [0.3, 0.4) is 0 Å². The molecule has 9 nitrogen and oxygen atoms in total. The maximum atomic E-state index is 12.8. The van der Waals surface area contributed by atoms with Crippen molar-refractivity contribution in [3.63, 3.8) is 0 Å². The molecule has 0 saturated carbocycles. The van der Waals surface area contributed by atoms with E-state index in [2.05, 4.69) is 10.6 Å².